The third-order valence-electron chi connectivity index (χ3n) is 6.75. The fourth-order valence-electron chi connectivity index (χ4n) is 4.32. The Morgan fingerprint density at radius 2 is 1.50 bits per heavy atom. The van der Waals surface area contributed by atoms with Crippen LogP contribution in [-0.4, -0.2) is 44.3 Å². The molecule has 40 heavy (non-hydrogen) atoms. The molecule has 0 radical (unpaired) electrons. The SMILES string of the molecule is Cc1cccc(CN(C(=O)CN(c2ccc(C(C)C)cc2)S(=O)(=O)c2ccccc2)C(C)C(=O)NCC(C)C)c1. The van der Waals surface area contributed by atoms with Crippen molar-refractivity contribution >= 4 is 27.5 Å². The van der Waals surface area contributed by atoms with Crippen molar-refractivity contribution in [2.75, 3.05) is 17.4 Å². The Balaban J connectivity index is 2.01. The zero-order valence-electron chi connectivity index (χ0n) is 24.3. The molecule has 0 aliphatic heterocycles. The summed E-state index contributed by atoms with van der Waals surface area (Å²) in [6.45, 7) is 12.0. The molecule has 1 N–H and O–H groups in total. The molecule has 0 heterocycles. The number of nitrogens with one attached hydrogen (secondary N) is 1. The minimum atomic E-state index is -4.08. The maximum Gasteiger partial charge on any atom is 0.264 e. The Hall–Kier alpha value is -3.65. The van der Waals surface area contributed by atoms with Gasteiger partial charge in [-0.15, -0.1) is 0 Å². The van der Waals surface area contributed by atoms with Crippen LogP contribution in [0.2, 0.25) is 0 Å². The van der Waals surface area contributed by atoms with E-state index >= 15 is 0 Å². The molecule has 0 aliphatic carbocycles. The summed E-state index contributed by atoms with van der Waals surface area (Å²) in [5.41, 5.74) is 3.33. The molecule has 2 amide bonds. The van der Waals surface area contributed by atoms with Crippen molar-refractivity contribution in [1.29, 1.82) is 0 Å². The van der Waals surface area contributed by atoms with E-state index in [-0.39, 0.29) is 29.2 Å². The second-order valence-corrected chi connectivity index (χ2v) is 12.8. The molecule has 0 saturated heterocycles. The highest BCUT2D eigenvalue weighted by Gasteiger charge is 2.32. The van der Waals surface area contributed by atoms with Gasteiger partial charge in [-0.1, -0.05) is 87.9 Å². The van der Waals surface area contributed by atoms with Gasteiger partial charge in [0.05, 0.1) is 10.6 Å². The molecule has 0 aliphatic rings. The van der Waals surface area contributed by atoms with Gasteiger partial charge in [0, 0.05) is 13.1 Å². The molecule has 3 aromatic carbocycles. The fraction of sp³-hybridized carbons (Fsp3) is 0.375. The molecule has 214 valence electrons. The average molecular weight is 564 g/mol. The van der Waals surface area contributed by atoms with E-state index in [0.29, 0.717) is 12.2 Å². The third kappa shape index (κ3) is 7.94. The maximum absolute atomic E-state index is 14.0. The average Bonchev–Trinajstić information content (AvgIpc) is 2.93. The number of hydrogen-bond donors (Lipinski definition) is 1. The number of carbonyl (C=O) groups is 2. The summed E-state index contributed by atoms with van der Waals surface area (Å²) in [5.74, 6) is -0.239. The van der Waals surface area contributed by atoms with Gasteiger partial charge < -0.3 is 10.2 Å². The van der Waals surface area contributed by atoms with Gasteiger partial charge in [-0.3, -0.25) is 13.9 Å². The van der Waals surface area contributed by atoms with Crippen molar-refractivity contribution in [3.05, 3.63) is 95.6 Å². The van der Waals surface area contributed by atoms with Gasteiger partial charge in [0.25, 0.3) is 10.0 Å². The molecule has 0 spiro atoms. The zero-order chi connectivity index (χ0) is 29.4. The number of hydrogen-bond acceptors (Lipinski definition) is 4. The summed E-state index contributed by atoms with van der Waals surface area (Å²) in [6, 6.07) is 22.2. The van der Waals surface area contributed by atoms with Gasteiger partial charge >= 0.3 is 0 Å². The Kier molecular flexibility index (Phi) is 10.5. The smallest absolute Gasteiger partial charge is 0.264 e. The highest BCUT2D eigenvalue weighted by atomic mass is 32.2. The van der Waals surface area contributed by atoms with Gasteiger partial charge in [-0.25, -0.2) is 8.42 Å². The van der Waals surface area contributed by atoms with Crippen LogP contribution in [0.4, 0.5) is 5.69 Å². The van der Waals surface area contributed by atoms with E-state index in [1.54, 1.807) is 37.3 Å². The molecule has 0 bridgehead atoms. The van der Waals surface area contributed by atoms with Crippen molar-refractivity contribution in [3.8, 4) is 0 Å². The molecule has 0 saturated carbocycles. The lowest BCUT2D eigenvalue weighted by molar-refractivity contribution is -0.139. The Bertz CT molecular complexity index is 1390. The molecule has 0 fully saturated rings. The van der Waals surface area contributed by atoms with Crippen molar-refractivity contribution < 1.29 is 18.0 Å². The van der Waals surface area contributed by atoms with Crippen molar-refractivity contribution in [3.63, 3.8) is 0 Å². The highest BCUT2D eigenvalue weighted by molar-refractivity contribution is 7.92. The first-order valence-electron chi connectivity index (χ1n) is 13.7. The highest BCUT2D eigenvalue weighted by Crippen LogP contribution is 2.26. The quantitative estimate of drug-likeness (QED) is 0.315. The molecule has 8 heteroatoms. The number of nitrogens with zero attached hydrogens (tertiary/aromatic N) is 2. The molecule has 0 aromatic heterocycles. The second-order valence-electron chi connectivity index (χ2n) is 10.9. The first-order valence-corrected chi connectivity index (χ1v) is 15.1. The summed E-state index contributed by atoms with van der Waals surface area (Å²) in [4.78, 5) is 28.6. The largest absolute Gasteiger partial charge is 0.354 e. The van der Waals surface area contributed by atoms with E-state index < -0.39 is 28.5 Å². The lowest BCUT2D eigenvalue weighted by atomic mass is 10.0. The predicted octanol–water partition coefficient (Wildman–Crippen LogP) is 5.50. The van der Waals surface area contributed by atoms with Crippen LogP contribution < -0.4 is 9.62 Å². The number of anilines is 1. The second kappa shape index (κ2) is 13.6. The van der Waals surface area contributed by atoms with E-state index in [1.165, 1.54) is 17.0 Å². The molecule has 1 atom stereocenters. The number of carbonyl (C=O) groups excluding carboxylic acids is 2. The maximum atomic E-state index is 14.0. The van der Waals surface area contributed by atoms with E-state index in [0.717, 1.165) is 21.0 Å². The first-order chi connectivity index (χ1) is 18.9. The van der Waals surface area contributed by atoms with E-state index in [1.807, 2.05) is 57.2 Å². The van der Waals surface area contributed by atoms with E-state index in [4.69, 9.17) is 0 Å². The summed E-state index contributed by atoms with van der Waals surface area (Å²) >= 11 is 0. The van der Waals surface area contributed by atoms with Crippen molar-refractivity contribution in [2.24, 2.45) is 5.92 Å². The van der Waals surface area contributed by atoms with Gasteiger partial charge in [0.1, 0.15) is 12.6 Å². The number of aryl methyl sites for hydroxylation is 1. The predicted molar refractivity (Wildman–Crippen MR) is 161 cm³/mol. The van der Waals surface area contributed by atoms with Gasteiger partial charge in [0.2, 0.25) is 11.8 Å². The number of sulfonamides is 1. The van der Waals surface area contributed by atoms with Crippen molar-refractivity contribution in [1.82, 2.24) is 10.2 Å². The summed E-state index contributed by atoms with van der Waals surface area (Å²) in [5, 5.41) is 2.91. The number of rotatable bonds is 12. The molecule has 3 rings (SSSR count). The van der Waals surface area contributed by atoms with Gasteiger partial charge in [-0.2, -0.15) is 0 Å². The van der Waals surface area contributed by atoms with E-state index in [2.05, 4.69) is 19.2 Å². The van der Waals surface area contributed by atoms with Crippen molar-refractivity contribution in [2.45, 2.75) is 64.9 Å². The number of amides is 2. The topological polar surface area (TPSA) is 86.8 Å². The Labute approximate surface area is 239 Å². The normalized spacial score (nSPS) is 12.3. The van der Waals surface area contributed by atoms with E-state index in [9.17, 15) is 18.0 Å². The first kappa shape index (κ1) is 30.9. The molecular weight excluding hydrogens is 522 g/mol. The summed E-state index contributed by atoms with van der Waals surface area (Å²) in [6.07, 6.45) is 0. The molecule has 7 nitrogen and oxygen atoms in total. The zero-order valence-corrected chi connectivity index (χ0v) is 25.1. The lowest BCUT2D eigenvalue weighted by Gasteiger charge is -2.32. The number of benzene rings is 3. The fourth-order valence-corrected chi connectivity index (χ4v) is 5.75. The third-order valence-corrected chi connectivity index (χ3v) is 8.53. The minimum absolute atomic E-state index is 0.0868. The van der Waals surface area contributed by atoms with Crippen LogP contribution in [0.15, 0.2) is 83.8 Å². The van der Waals surface area contributed by atoms with Gasteiger partial charge in [0.15, 0.2) is 0 Å². The monoisotopic (exact) mass is 563 g/mol. The van der Waals surface area contributed by atoms with Gasteiger partial charge in [-0.05, 0) is 61.1 Å². The van der Waals surface area contributed by atoms with Crippen LogP contribution in [0.5, 0.6) is 0 Å². The van der Waals surface area contributed by atoms with Crippen LogP contribution in [0.1, 0.15) is 57.2 Å². The standard InChI is InChI=1S/C32H41N3O4S/c1-23(2)20-33-32(37)26(6)34(21-27-12-10-11-25(5)19-27)31(36)22-35(29-17-15-28(16-18-29)24(3)4)40(38,39)30-13-8-7-9-14-30/h7-19,23-24,26H,20-22H2,1-6H3,(H,33,37). The lowest BCUT2D eigenvalue weighted by Crippen LogP contribution is -2.51. The van der Waals surface area contributed by atoms with Crippen LogP contribution >= 0.6 is 0 Å². The summed E-state index contributed by atoms with van der Waals surface area (Å²) in [7, 11) is -4.08. The molecule has 1 unspecified atom stereocenters. The molecule has 3 aromatic rings. The van der Waals surface area contributed by atoms with Crippen LogP contribution in [0.3, 0.4) is 0 Å². The van der Waals surface area contributed by atoms with Crippen LogP contribution in [-0.2, 0) is 26.2 Å². The Morgan fingerprint density at radius 1 is 0.850 bits per heavy atom. The summed E-state index contributed by atoms with van der Waals surface area (Å²) < 4.78 is 28.9. The minimum Gasteiger partial charge on any atom is -0.354 e. The Morgan fingerprint density at radius 3 is 2.08 bits per heavy atom. The van der Waals surface area contributed by atoms with Crippen LogP contribution in [0.25, 0.3) is 0 Å². The molecular formula is C32H41N3O4S. The van der Waals surface area contributed by atoms with Crippen LogP contribution in [0, 0.1) is 12.8 Å².